The first-order valence-electron chi connectivity index (χ1n) is 7.20. The average molecular weight is 352 g/mol. The first-order valence-corrected chi connectivity index (χ1v) is 7.20. The fourth-order valence-corrected chi connectivity index (χ4v) is 2.10. The Morgan fingerprint density at radius 3 is 2.28 bits per heavy atom. The van der Waals surface area contributed by atoms with Crippen LogP contribution >= 0.6 is 0 Å². The van der Waals surface area contributed by atoms with Crippen LogP contribution in [0.25, 0.3) is 0 Å². The second-order valence-electron chi connectivity index (χ2n) is 5.48. The highest BCUT2D eigenvalue weighted by molar-refractivity contribution is 6.02. The molecule has 7 nitrogen and oxygen atoms in total. The molecule has 0 radical (unpaired) electrons. The number of halogens is 3. The van der Waals surface area contributed by atoms with Crippen LogP contribution in [0.2, 0.25) is 0 Å². The molecule has 3 rings (SSSR count). The van der Waals surface area contributed by atoms with E-state index in [1.165, 1.54) is 0 Å². The molecule has 1 amide bonds. The number of aromatic carboxylic acids is 1. The van der Waals surface area contributed by atoms with Crippen LogP contribution in [0.4, 0.5) is 19.0 Å². The molecule has 1 fully saturated rings. The molecule has 2 aromatic rings. The molecule has 1 aliphatic rings. The van der Waals surface area contributed by atoms with Gasteiger partial charge >= 0.3 is 12.1 Å². The molecule has 1 saturated carbocycles. The van der Waals surface area contributed by atoms with Gasteiger partial charge in [-0.2, -0.15) is 13.2 Å². The molecular weight excluding hydrogens is 341 g/mol. The third kappa shape index (κ3) is 3.90. The van der Waals surface area contributed by atoms with Crippen molar-refractivity contribution >= 4 is 17.7 Å². The van der Waals surface area contributed by atoms with Gasteiger partial charge in [0.1, 0.15) is 11.5 Å². The molecule has 0 unspecified atom stereocenters. The maximum absolute atomic E-state index is 13.0. The van der Waals surface area contributed by atoms with E-state index in [4.69, 9.17) is 5.11 Å². The topological polar surface area (TPSA) is 105 Å². The smallest absolute Gasteiger partial charge is 0.416 e. The van der Waals surface area contributed by atoms with Gasteiger partial charge in [0.05, 0.1) is 18.0 Å². The SMILES string of the molecule is O=C(O)c1cnc(C(=O)Nc2cc(C(F)(F)F)cc(C3CC3)n2)cn1. The van der Waals surface area contributed by atoms with Crippen LogP contribution < -0.4 is 5.32 Å². The van der Waals surface area contributed by atoms with Crippen molar-refractivity contribution in [2.75, 3.05) is 5.32 Å². The number of amides is 1. The molecule has 0 saturated heterocycles. The first kappa shape index (κ1) is 16.8. The number of nitrogens with one attached hydrogen (secondary N) is 1. The molecule has 1 aliphatic carbocycles. The zero-order valence-electron chi connectivity index (χ0n) is 12.5. The lowest BCUT2D eigenvalue weighted by Crippen LogP contribution is -2.17. The van der Waals surface area contributed by atoms with Crippen molar-refractivity contribution in [2.24, 2.45) is 0 Å². The summed E-state index contributed by atoms with van der Waals surface area (Å²) in [5.74, 6) is -2.43. The van der Waals surface area contributed by atoms with Crippen LogP contribution in [-0.4, -0.2) is 31.9 Å². The number of hydrogen-bond donors (Lipinski definition) is 2. The summed E-state index contributed by atoms with van der Waals surface area (Å²) in [6.07, 6.45) is -1.25. The van der Waals surface area contributed by atoms with Gasteiger partial charge in [0.25, 0.3) is 5.91 Å². The molecular formula is C15H11F3N4O3. The predicted molar refractivity (Wildman–Crippen MR) is 78.2 cm³/mol. The number of alkyl halides is 3. The predicted octanol–water partition coefficient (Wildman–Crippen LogP) is 2.72. The lowest BCUT2D eigenvalue weighted by molar-refractivity contribution is -0.137. The fraction of sp³-hybridized carbons (Fsp3) is 0.267. The molecule has 10 heteroatoms. The van der Waals surface area contributed by atoms with E-state index in [0.717, 1.165) is 37.4 Å². The summed E-state index contributed by atoms with van der Waals surface area (Å²) >= 11 is 0. The van der Waals surface area contributed by atoms with Crippen LogP contribution in [0.1, 0.15) is 51.0 Å². The molecule has 0 spiro atoms. The molecule has 2 heterocycles. The summed E-state index contributed by atoms with van der Waals surface area (Å²) in [7, 11) is 0. The molecule has 2 N–H and O–H groups in total. The first-order chi connectivity index (χ1) is 11.7. The summed E-state index contributed by atoms with van der Waals surface area (Å²) in [6.45, 7) is 0. The van der Waals surface area contributed by atoms with Gasteiger partial charge in [-0.05, 0) is 25.0 Å². The molecule has 25 heavy (non-hydrogen) atoms. The highest BCUT2D eigenvalue weighted by Gasteiger charge is 2.34. The van der Waals surface area contributed by atoms with Crippen molar-refractivity contribution in [2.45, 2.75) is 24.9 Å². The Morgan fingerprint density at radius 2 is 1.76 bits per heavy atom. The van der Waals surface area contributed by atoms with Crippen LogP contribution in [0.3, 0.4) is 0 Å². The number of aromatic nitrogens is 3. The van der Waals surface area contributed by atoms with Gasteiger partial charge in [-0.15, -0.1) is 0 Å². The molecule has 0 aromatic carbocycles. The third-order valence-corrected chi connectivity index (χ3v) is 3.51. The minimum atomic E-state index is -4.56. The van der Waals surface area contributed by atoms with Crippen molar-refractivity contribution in [1.29, 1.82) is 0 Å². The van der Waals surface area contributed by atoms with Crippen LogP contribution in [0, 0.1) is 0 Å². The van der Waals surface area contributed by atoms with Gasteiger partial charge in [-0.3, -0.25) is 4.79 Å². The van der Waals surface area contributed by atoms with Crippen molar-refractivity contribution < 1.29 is 27.9 Å². The van der Waals surface area contributed by atoms with Crippen molar-refractivity contribution in [3.8, 4) is 0 Å². The third-order valence-electron chi connectivity index (χ3n) is 3.51. The van der Waals surface area contributed by atoms with E-state index in [-0.39, 0.29) is 28.8 Å². The monoisotopic (exact) mass is 352 g/mol. The Hall–Kier alpha value is -3.04. The van der Waals surface area contributed by atoms with Gasteiger partial charge in [0, 0.05) is 11.6 Å². The van der Waals surface area contributed by atoms with E-state index in [0.29, 0.717) is 0 Å². The lowest BCUT2D eigenvalue weighted by atomic mass is 10.1. The second kappa shape index (κ2) is 6.11. The van der Waals surface area contributed by atoms with Crippen LogP contribution in [-0.2, 0) is 6.18 Å². The molecule has 2 aromatic heterocycles. The van der Waals surface area contributed by atoms with Crippen molar-refractivity contribution in [3.05, 3.63) is 47.2 Å². The Bertz CT molecular complexity index is 833. The Kier molecular flexibility index (Phi) is 4.11. The number of carboxylic acid groups (broad SMARTS) is 1. The summed E-state index contributed by atoms with van der Waals surface area (Å²) < 4.78 is 39.0. The van der Waals surface area contributed by atoms with Gasteiger partial charge in [-0.1, -0.05) is 0 Å². The van der Waals surface area contributed by atoms with Gasteiger partial charge in [0.2, 0.25) is 0 Å². The Morgan fingerprint density at radius 1 is 1.12 bits per heavy atom. The number of carboxylic acids is 1. The minimum Gasteiger partial charge on any atom is -0.476 e. The minimum absolute atomic E-state index is 0.0346. The highest BCUT2D eigenvalue weighted by Crippen LogP contribution is 2.41. The summed E-state index contributed by atoms with van der Waals surface area (Å²) in [4.78, 5) is 34.0. The Labute approximate surface area is 138 Å². The van der Waals surface area contributed by atoms with E-state index in [9.17, 15) is 22.8 Å². The van der Waals surface area contributed by atoms with Gasteiger partial charge < -0.3 is 10.4 Å². The zero-order chi connectivity index (χ0) is 18.2. The van der Waals surface area contributed by atoms with E-state index in [2.05, 4.69) is 20.3 Å². The standard InChI is InChI=1S/C15H11F3N4O3/c16-15(17,18)8-3-9(7-1-2-7)21-12(4-8)22-13(23)10-5-20-11(6-19-10)14(24)25/h3-7H,1-2H2,(H,24,25)(H,21,22,23). The fourth-order valence-electron chi connectivity index (χ4n) is 2.10. The summed E-state index contributed by atoms with van der Waals surface area (Å²) in [5.41, 5.74) is -1.22. The van der Waals surface area contributed by atoms with E-state index >= 15 is 0 Å². The number of carbonyl (C=O) groups excluding carboxylic acids is 1. The molecule has 0 bridgehead atoms. The number of pyridine rings is 1. The quantitative estimate of drug-likeness (QED) is 0.877. The maximum atomic E-state index is 13.0. The lowest BCUT2D eigenvalue weighted by Gasteiger charge is -2.12. The van der Waals surface area contributed by atoms with Crippen molar-refractivity contribution in [3.63, 3.8) is 0 Å². The molecule has 0 atom stereocenters. The van der Waals surface area contributed by atoms with E-state index in [1.807, 2.05) is 0 Å². The van der Waals surface area contributed by atoms with Crippen LogP contribution in [0.15, 0.2) is 24.5 Å². The van der Waals surface area contributed by atoms with E-state index in [1.54, 1.807) is 0 Å². The van der Waals surface area contributed by atoms with E-state index < -0.39 is 23.6 Å². The summed E-state index contributed by atoms with van der Waals surface area (Å²) in [5, 5.41) is 11.0. The number of rotatable bonds is 4. The zero-order valence-corrected chi connectivity index (χ0v) is 12.5. The summed E-state index contributed by atoms with van der Waals surface area (Å²) in [6, 6.07) is 1.72. The number of anilines is 1. The second-order valence-corrected chi connectivity index (χ2v) is 5.48. The van der Waals surface area contributed by atoms with Gasteiger partial charge in [0.15, 0.2) is 5.69 Å². The normalized spacial score (nSPS) is 14.2. The molecule has 0 aliphatic heterocycles. The average Bonchev–Trinajstić information content (AvgIpc) is 3.38. The number of nitrogens with zero attached hydrogens (tertiary/aromatic N) is 3. The maximum Gasteiger partial charge on any atom is 0.416 e. The Balaban J connectivity index is 1.85. The largest absolute Gasteiger partial charge is 0.476 e. The molecule has 130 valence electrons. The number of carbonyl (C=O) groups is 2. The van der Waals surface area contributed by atoms with Crippen LogP contribution in [0.5, 0.6) is 0 Å². The van der Waals surface area contributed by atoms with Gasteiger partial charge in [-0.25, -0.2) is 19.7 Å². The van der Waals surface area contributed by atoms with Crippen molar-refractivity contribution in [1.82, 2.24) is 15.0 Å². The number of hydrogen-bond acceptors (Lipinski definition) is 5. The highest BCUT2D eigenvalue weighted by atomic mass is 19.4.